The van der Waals surface area contributed by atoms with E-state index in [4.69, 9.17) is 4.74 Å². The molecule has 1 unspecified atom stereocenters. The van der Waals surface area contributed by atoms with Crippen LogP contribution < -0.4 is 4.72 Å². The normalized spacial score (nSPS) is 27.8. The minimum Gasteiger partial charge on any atom is -0.378 e. The maximum atomic E-state index is 12.0. The van der Waals surface area contributed by atoms with E-state index in [1.165, 1.54) is 17.4 Å². The number of hydrogen-bond acceptors (Lipinski definition) is 4. The molecule has 1 saturated carbocycles. The third-order valence-electron chi connectivity index (χ3n) is 7.45. The van der Waals surface area contributed by atoms with Gasteiger partial charge in [-0.05, 0) is 56.1 Å². The van der Waals surface area contributed by atoms with Crippen molar-refractivity contribution in [3.8, 4) is 0 Å². The Kier molecular flexibility index (Phi) is 8.23. The molecule has 33 heavy (non-hydrogen) atoms. The van der Waals surface area contributed by atoms with Gasteiger partial charge in [-0.25, -0.2) is 13.1 Å². The van der Waals surface area contributed by atoms with E-state index in [-0.39, 0.29) is 18.1 Å². The Morgan fingerprint density at radius 2 is 1.61 bits per heavy atom. The van der Waals surface area contributed by atoms with Crippen LogP contribution in [0.1, 0.15) is 62.1 Å². The Morgan fingerprint density at radius 3 is 2.24 bits per heavy atom. The lowest BCUT2D eigenvalue weighted by molar-refractivity contribution is -0.0215. The monoisotopic (exact) mass is 470 g/mol. The number of nitrogens with one attached hydrogen (secondary N) is 1. The van der Waals surface area contributed by atoms with Crippen LogP contribution in [0, 0.1) is 5.92 Å². The van der Waals surface area contributed by atoms with Crippen molar-refractivity contribution < 1.29 is 13.2 Å². The number of nitrogens with zero attached hydrogens (tertiary/aromatic N) is 1. The average molecular weight is 471 g/mol. The maximum absolute atomic E-state index is 12.0. The highest BCUT2D eigenvalue weighted by molar-refractivity contribution is 7.88. The van der Waals surface area contributed by atoms with Gasteiger partial charge in [0.05, 0.1) is 19.0 Å². The van der Waals surface area contributed by atoms with Crippen LogP contribution in [0.5, 0.6) is 0 Å². The van der Waals surface area contributed by atoms with E-state index in [0.717, 1.165) is 45.2 Å². The summed E-state index contributed by atoms with van der Waals surface area (Å²) in [5.41, 5.74) is 2.73. The molecule has 1 aliphatic carbocycles. The van der Waals surface area contributed by atoms with Crippen molar-refractivity contribution in [3.63, 3.8) is 0 Å². The molecule has 0 bridgehead atoms. The average Bonchev–Trinajstić information content (AvgIpc) is 2.83. The molecule has 4 rings (SSSR count). The topological polar surface area (TPSA) is 58.6 Å². The third-order valence-corrected chi connectivity index (χ3v) is 8.18. The number of hydrogen-bond donors (Lipinski definition) is 1. The highest BCUT2D eigenvalue weighted by atomic mass is 32.2. The van der Waals surface area contributed by atoms with Crippen LogP contribution in [0.3, 0.4) is 0 Å². The molecule has 0 spiro atoms. The molecule has 2 fully saturated rings. The van der Waals surface area contributed by atoms with Crippen molar-refractivity contribution in [2.24, 2.45) is 5.92 Å². The first-order chi connectivity index (χ1) is 15.9. The predicted molar refractivity (Wildman–Crippen MR) is 134 cm³/mol. The molecule has 0 amide bonds. The fourth-order valence-corrected chi connectivity index (χ4v) is 6.36. The molecule has 1 aliphatic heterocycles. The molecule has 1 heterocycles. The van der Waals surface area contributed by atoms with Gasteiger partial charge in [0.25, 0.3) is 0 Å². The van der Waals surface area contributed by atoms with Gasteiger partial charge in [-0.15, -0.1) is 0 Å². The van der Waals surface area contributed by atoms with Crippen molar-refractivity contribution in [1.82, 2.24) is 9.62 Å². The number of likely N-dealkylation sites (tertiary alicyclic amines) is 1. The smallest absolute Gasteiger partial charge is 0.208 e. The minimum absolute atomic E-state index is 0.0696. The molecule has 2 aliphatic rings. The summed E-state index contributed by atoms with van der Waals surface area (Å²) in [6.45, 7) is 4.55. The second-order valence-electron chi connectivity index (χ2n) is 9.84. The standard InChI is InChI=1S/C27H38N2O3S/c1-21(22-9-5-3-6-10-22)29-18-17-27(28-33(2,30)31)25(19-29)20-32-26-15-13-24(14-16-26)23-11-7-4-8-12-23/h3-12,21,24-28H,13-20H2,1-2H3/t21-,24?,25-,26?,27?/m0/s1. The molecule has 2 aromatic carbocycles. The van der Waals surface area contributed by atoms with Crippen LogP contribution in [0.4, 0.5) is 0 Å². The van der Waals surface area contributed by atoms with Gasteiger partial charge in [0.15, 0.2) is 0 Å². The van der Waals surface area contributed by atoms with Gasteiger partial charge in [0, 0.05) is 31.1 Å². The molecule has 0 radical (unpaired) electrons. The molecular formula is C27H38N2O3S. The van der Waals surface area contributed by atoms with E-state index in [1.54, 1.807) is 0 Å². The lowest BCUT2D eigenvalue weighted by Crippen LogP contribution is -2.52. The second kappa shape index (κ2) is 11.1. The van der Waals surface area contributed by atoms with Gasteiger partial charge in [0.1, 0.15) is 0 Å². The highest BCUT2D eigenvalue weighted by Crippen LogP contribution is 2.34. The lowest BCUT2D eigenvalue weighted by atomic mass is 9.82. The summed E-state index contributed by atoms with van der Waals surface area (Å²) in [6.07, 6.45) is 6.78. The SMILES string of the molecule is C[C@@H](c1ccccc1)N1CCC(NS(C)(=O)=O)[C@H](COC2CCC(c3ccccc3)CC2)C1. The zero-order valence-electron chi connectivity index (χ0n) is 19.9. The summed E-state index contributed by atoms with van der Waals surface area (Å²) in [5, 5.41) is 0. The van der Waals surface area contributed by atoms with Gasteiger partial charge < -0.3 is 4.74 Å². The molecular weight excluding hydrogens is 432 g/mol. The number of benzene rings is 2. The summed E-state index contributed by atoms with van der Waals surface area (Å²) in [5.74, 6) is 0.772. The van der Waals surface area contributed by atoms with Crippen molar-refractivity contribution in [2.45, 2.75) is 63.1 Å². The van der Waals surface area contributed by atoms with E-state index in [2.05, 4.69) is 71.1 Å². The first kappa shape index (κ1) is 24.4. The van der Waals surface area contributed by atoms with Crippen molar-refractivity contribution in [1.29, 1.82) is 0 Å². The molecule has 2 aromatic rings. The Bertz CT molecular complexity index is 959. The molecule has 180 valence electrons. The van der Waals surface area contributed by atoms with Crippen LogP contribution >= 0.6 is 0 Å². The summed E-state index contributed by atoms with van der Waals surface area (Å²) in [4.78, 5) is 2.47. The van der Waals surface area contributed by atoms with Crippen molar-refractivity contribution in [2.75, 3.05) is 26.0 Å². The van der Waals surface area contributed by atoms with E-state index in [9.17, 15) is 8.42 Å². The van der Waals surface area contributed by atoms with E-state index >= 15 is 0 Å². The minimum atomic E-state index is -3.25. The fraction of sp³-hybridized carbons (Fsp3) is 0.556. The molecule has 6 heteroatoms. The van der Waals surface area contributed by atoms with Gasteiger partial charge in [0.2, 0.25) is 10.0 Å². The van der Waals surface area contributed by atoms with Gasteiger partial charge in [-0.3, -0.25) is 4.90 Å². The summed E-state index contributed by atoms with van der Waals surface area (Å²) in [7, 11) is -3.25. The first-order valence-corrected chi connectivity index (χ1v) is 14.2. The fourth-order valence-electron chi connectivity index (χ4n) is 5.50. The third kappa shape index (κ3) is 6.89. The molecule has 1 N–H and O–H groups in total. The maximum Gasteiger partial charge on any atom is 0.208 e. The summed E-state index contributed by atoms with van der Waals surface area (Å²) in [6, 6.07) is 21.6. The zero-order valence-corrected chi connectivity index (χ0v) is 20.7. The van der Waals surface area contributed by atoms with E-state index in [0.29, 0.717) is 18.6 Å². The van der Waals surface area contributed by atoms with Crippen LogP contribution in [0.2, 0.25) is 0 Å². The van der Waals surface area contributed by atoms with Crippen LogP contribution in [0.25, 0.3) is 0 Å². The van der Waals surface area contributed by atoms with Gasteiger partial charge >= 0.3 is 0 Å². The van der Waals surface area contributed by atoms with Crippen LogP contribution in [-0.4, -0.2) is 51.4 Å². The Balaban J connectivity index is 1.35. The zero-order chi connectivity index (χ0) is 23.3. The van der Waals surface area contributed by atoms with Gasteiger partial charge in [-0.1, -0.05) is 60.7 Å². The molecule has 5 nitrogen and oxygen atoms in total. The Morgan fingerprint density at radius 1 is 0.970 bits per heavy atom. The van der Waals surface area contributed by atoms with E-state index < -0.39 is 10.0 Å². The predicted octanol–water partition coefficient (Wildman–Crippen LogP) is 4.73. The van der Waals surface area contributed by atoms with Crippen LogP contribution in [-0.2, 0) is 14.8 Å². The number of rotatable bonds is 8. The highest BCUT2D eigenvalue weighted by Gasteiger charge is 2.34. The Labute approximate surface area is 199 Å². The first-order valence-electron chi connectivity index (χ1n) is 12.3. The second-order valence-corrected chi connectivity index (χ2v) is 11.6. The molecule has 1 saturated heterocycles. The molecule has 3 atom stereocenters. The van der Waals surface area contributed by atoms with Crippen molar-refractivity contribution >= 4 is 10.0 Å². The summed E-state index contributed by atoms with van der Waals surface area (Å²) >= 11 is 0. The Hall–Kier alpha value is -1.73. The quantitative estimate of drug-likeness (QED) is 0.606. The molecule has 0 aromatic heterocycles. The summed E-state index contributed by atoms with van der Waals surface area (Å²) < 4.78 is 33.3. The number of sulfonamides is 1. The number of ether oxygens (including phenoxy) is 1. The number of piperidine rings is 1. The van der Waals surface area contributed by atoms with E-state index in [1.807, 2.05) is 6.07 Å². The van der Waals surface area contributed by atoms with Crippen molar-refractivity contribution in [3.05, 3.63) is 71.8 Å². The van der Waals surface area contributed by atoms with Gasteiger partial charge in [-0.2, -0.15) is 0 Å². The van der Waals surface area contributed by atoms with Crippen LogP contribution in [0.15, 0.2) is 60.7 Å². The largest absolute Gasteiger partial charge is 0.378 e. The lowest BCUT2D eigenvalue weighted by Gasteiger charge is -2.42.